The Balaban J connectivity index is 0.00000272. The topological polar surface area (TPSA) is 58.6 Å². The fraction of sp³-hybridized carbons (Fsp3) is 0.696. The number of nitrogens with zero attached hydrogens (tertiary/aromatic N) is 3. The van der Waals surface area contributed by atoms with Crippen LogP contribution in [0, 0.1) is 0 Å². The SMILES string of the molecule is CN=C(NCC1(c2ccc(OC)cc2)CCOCC1)N1CCC(N2CCOCC2)C1.I. The zero-order valence-electron chi connectivity index (χ0n) is 18.8. The fourth-order valence-corrected chi connectivity index (χ4v) is 5.03. The summed E-state index contributed by atoms with van der Waals surface area (Å²) in [5, 5.41) is 3.72. The van der Waals surface area contributed by atoms with Crippen molar-refractivity contribution < 1.29 is 14.2 Å². The molecular weight excluding hydrogens is 507 g/mol. The van der Waals surface area contributed by atoms with Crippen LogP contribution in [0.4, 0.5) is 0 Å². The number of benzene rings is 1. The molecule has 1 unspecified atom stereocenters. The Morgan fingerprint density at radius 2 is 1.77 bits per heavy atom. The van der Waals surface area contributed by atoms with Crippen molar-refractivity contribution in [3.63, 3.8) is 0 Å². The van der Waals surface area contributed by atoms with Gasteiger partial charge in [0.25, 0.3) is 0 Å². The van der Waals surface area contributed by atoms with Crippen LogP contribution in [0.2, 0.25) is 0 Å². The molecule has 0 bridgehead atoms. The van der Waals surface area contributed by atoms with Crippen molar-refractivity contribution in [3.05, 3.63) is 29.8 Å². The number of nitrogens with one attached hydrogen (secondary N) is 1. The summed E-state index contributed by atoms with van der Waals surface area (Å²) in [4.78, 5) is 9.62. The van der Waals surface area contributed by atoms with Crippen LogP contribution in [-0.2, 0) is 14.9 Å². The lowest BCUT2D eigenvalue weighted by Gasteiger charge is -2.39. The molecule has 1 atom stereocenters. The van der Waals surface area contributed by atoms with Crippen LogP contribution in [0.5, 0.6) is 5.75 Å². The Bertz CT molecular complexity index is 703. The van der Waals surface area contributed by atoms with Gasteiger partial charge in [-0.15, -0.1) is 24.0 Å². The maximum absolute atomic E-state index is 5.70. The van der Waals surface area contributed by atoms with E-state index in [4.69, 9.17) is 14.2 Å². The van der Waals surface area contributed by atoms with Crippen molar-refractivity contribution in [1.29, 1.82) is 0 Å². The lowest BCUT2D eigenvalue weighted by atomic mass is 9.74. The number of aliphatic imine (C=N–C) groups is 1. The van der Waals surface area contributed by atoms with Crippen LogP contribution in [0.1, 0.15) is 24.8 Å². The molecule has 0 amide bonds. The van der Waals surface area contributed by atoms with Gasteiger partial charge in [0.15, 0.2) is 5.96 Å². The third-order valence-electron chi connectivity index (χ3n) is 6.97. The van der Waals surface area contributed by atoms with Gasteiger partial charge in [-0.1, -0.05) is 12.1 Å². The van der Waals surface area contributed by atoms with E-state index >= 15 is 0 Å². The Morgan fingerprint density at radius 3 is 2.42 bits per heavy atom. The number of morpholine rings is 1. The van der Waals surface area contributed by atoms with Crippen molar-refractivity contribution in [1.82, 2.24) is 15.1 Å². The smallest absolute Gasteiger partial charge is 0.193 e. The third kappa shape index (κ3) is 5.83. The van der Waals surface area contributed by atoms with Crippen molar-refractivity contribution in [2.75, 3.05) is 73.3 Å². The van der Waals surface area contributed by atoms with E-state index in [2.05, 4.69) is 44.4 Å². The summed E-state index contributed by atoms with van der Waals surface area (Å²) in [6.07, 6.45) is 3.22. The van der Waals surface area contributed by atoms with Gasteiger partial charge in [-0.2, -0.15) is 0 Å². The van der Waals surface area contributed by atoms with E-state index in [0.717, 1.165) is 83.7 Å². The number of guanidine groups is 1. The third-order valence-corrected chi connectivity index (χ3v) is 6.97. The first-order valence-corrected chi connectivity index (χ1v) is 11.2. The second-order valence-electron chi connectivity index (χ2n) is 8.56. The van der Waals surface area contributed by atoms with E-state index in [1.165, 1.54) is 12.0 Å². The molecule has 1 aromatic carbocycles. The zero-order chi connectivity index (χ0) is 20.8. The van der Waals surface area contributed by atoms with E-state index in [9.17, 15) is 0 Å². The van der Waals surface area contributed by atoms with Crippen LogP contribution < -0.4 is 10.1 Å². The zero-order valence-corrected chi connectivity index (χ0v) is 21.2. The first kappa shape index (κ1) is 24.5. The fourth-order valence-electron chi connectivity index (χ4n) is 5.03. The average Bonchev–Trinajstić information content (AvgIpc) is 3.31. The summed E-state index contributed by atoms with van der Waals surface area (Å²) in [6, 6.07) is 9.15. The molecule has 0 aromatic heterocycles. The summed E-state index contributed by atoms with van der Waals surface area (Å²) < 4.78 is 16.6. The highest BCUT2D eigenvalue weighted by Gasteiger charge is 2.36. The number of ether oxygens (including phenoxy) is 3. The summed E-state index contributed by atoms with van der Waals surface area (Å²) in [6.45, 7) is 8.37. The van der Waals surface area contributed by atoms with E-state index in [1.54, 1.807) is 7.11 Å². The molecule has 3 fully saturated rings. The number of halogens is 1. The summed E-state index contributed by atoms with van der Waals surface area (Å²) in [5.41, 5.74) is 1.41. The van der Waals surface area contributed by atoms with Gasteiger partial charge in [-0.3, -0.25) is 9.89 Å². The van der Waals surface area contributed by atoms with Crippen molar-refractivity contribution in [2.45, 2.75) is 30.7 Å². The van der Waals surface area contributed by atoms with E-state index in [1.807, 2.05) is 7.05 Å². The predicted octanol–water partition coefficient (Wildman–Crippen LogP) is 2.34. The highest BCUT2D eigenvalue weighted by Crippen LogP contribution is 2.35. The van der Waals surface area contributed by atoms with Gasteiger partial charge in [0.05, 0.1) is 20.3 Å². The van der Waals surface area contributed by atoms with Gasteiger partial charge >= 0.3 is 0 Å². The van der Waals surface area contributed by atoms with Gasteiger partial charge in [0, 0.05) is 64.4 Å². The molecule has 174 valence electrons. The molecule has 0 radical (unpaired) electrons. The van der Waals surface area contributed by atoms with Gasteiger partial charge in [0.1, 0.15) is 5.75 Å². The van der Waals surface area contributed by atoms with Crippen LogP contribution >= 0.6 is 24.0 Å². The minimum absolute atomic E-state index is 0. The molecule has 7 nitrogen and oxygen atoms in total. The summed E-state index contributed by atoms with van der Waals surface area (Å²) in [7, 11) is 3.61. The molecule has 4 rings (SSSR count). The van der Waals surface area contributed by atoms with Gasteiger partial charge in [-0.05, 0) is 37.0 Å². The second-order valence-corrected chi connectivity index (χ2v) is 8.56. The molecule has 3 heterocycles. The number of hydrogen-bond acceptors (Lipinski definition) is 5. The van der Waals surface area contributed by atoms with Crippen LogP contribution in [0.3, 0.4) is 0 Å². The van der Waals surface area contributed by atoms with E-state index in [0.29, 0.717) is 6.04 Å². The van der Waals surface area contributed by atoms with Crippen molar-refractivity contribution in [3.8, 4) is 5.75 Å². The molecular formula is C23H37IN4O3. The molecule has 3 aliphatic heterocycles. The van der Waals surface area contributed by atoms with E-state index < -0.39 is 0 Å². The van der Waals surface area contributed by atoms with Crippen LogP contribution in [-0.4, -0.2) is 95.1 Å². The Morgan fingerprint density at radius 1 is 1.10 bits per heavy atom. The van der Waals surface area contributed by atoms with Crippen molar-refractivity contribution in [2.24, 2.45) is 4.99 Å². The van der Waals surface area contributed by atoms with E-state index in [-0.39, 0.29) is 29.4 Å². The monoisotopic (exact) mass is 544 g/mol. The number of likely N-dealkylation sites (tertiary alicyclic amines) is 1. The molecule has 0 saturated carbocycles. The molecule has 0 spiro atoms. The predicted molar refractivity (Wildman–Crippen MR) is 134 cm³/mol. The van der Waals surface area contributed by atoms with Gasteiger partial charge in [0.2, 0.25) is 0 Å². The molecule has 0 aliphatic carbocycles. The maximum Gasteiger partial charge on any atom is 0.193 e. The highest BCUT2D eigenvalue weighted by molar-refractivity contribution is 14.0. The maximum atomic E-state index is 5.70. The molecule has 3 saturated heterocycles. The van der Waals surface area contributed by atoms with Crippen LogP contribution in [0.25, 0.3) is 0 Å². The minimum atomic E-state index is 0. The van der Waals surface area contributed by atoms with Crippen molar-refractivity contribution >= 4 is 29.9 Å². The average molecular weight is 544 g/mol. The Hall–Kier alpha value is -1.10. The lowest BCUT2D eigenvalue weighted by Crippen LogP contribution is -2.50. The normalized spacial score (nSPS) is 24.5. The number of methoxy groups -OCH3 is 1. The number of rotatable bonds is 5. The first-order valence-electron chi connectivity index (χ1n) is 11.2. The second kappa shape index (κ2) is 11.7. The van der Waals surface area contributed by atoms with Crippen LogP contribution in [0.15, 0.2) is 29.3 Å². The molecule has 1 aromatic rings. The highest BCUT2D eigenvalue weighted by atomic mass is 127. The lowest BCUT2D eigenvalue weighted by molar-refractivity contribution is 0.0194. The van der Waals surface area contributed by atoms with Gasteiger partial charge in [-0.25, -0.2) is 0 Å². The molecule has 8 heteroatoms. The molecule has 31 heavy (non-hydrogen) atoms. The quantitative estimate of drug-likeness (QED) is 0.349. The first-order chi connectivity index (χ1) is 14.7. The largest absolute Gasteiger partial charge is 0.497 e. The minimum Gasteiger partial charge on any atom is -0.497 e. The van der Waals surface area contributed by atoms with Gasteiger partial charge < -0.3 is 24.4 Å². The molecule has 3 aliphatic rings. The Kier molecular flexibility index (Phi) is 9.24. The summed E-state index contributed by atoms with van der Waals surface area (Å²) in [5.74, 6) is 1.92. The molecule has 1 N–H and O–H groups in total. The number of hydrogen-bond donors (Lipinski definition) is 1. The standard InChI is InChI=1S/C23H36N4O3.HI/c1-24-22(27-10-7-20(17-27)26-11-15-30-16-12-26)25-18-23(8-13-29-14-9-23)19-3-5-21(28-2)6-4-19;/h3-6,20H,7-18H2,1-2H3,(H,24,25);1H. The Labute approximate surface area is 203 Å². The summed E-state index contributed by atoms with van der Waals surface area (Å²) >= 11 is 0.